The van der Waals surface area contributed by atoms with Gasteiger partial charge in [0.15, 0.2) is 5.96 Å². The summed E-state index contributed by atoms with van der Waals surface area (Å²) in [6, 6.07) is 0.980. The van der Waals surface area contributed by atoms with Gasteiger partial charge in [0.05, 0.1) is 6.10 Å². The molecule has 4 rings (SSSR count). The highest BCUT2D eigenvalue weighted by Gasteiger charge is 2.65. The third-order valence-electron chi connectivity index (χ3n) is 6.37. The number of aliphatic imine (C=N–C) groups is 1. The van der Waals surface area contributed by atoms with Gasteiger partial charge in [-0.15, -0.1) is 0 Å². The van der Waals surface area contributed by atoms with E-state index < -0.39 is 0 Å². The van der Waals surface area contributed by atoms with Crippen LogP contribution in [-0.2, 0) is 9.53 Å². The smallest absolute Gasteiger partial charge is 0.243 e. The zero-order valence-corrected chi connectivity index (χ0v) is 14.9. The molecular formula is C18H30N4O2. The van der Waals surface area contributed by atoms with E-state index in [9.17, 15) is 4.79 Å². The molecule has 0 aromatic heterocycles. The molecule has 1 spiro atoms. The Morgan fingerprint density at radius 2 is 1.96 bits per heavy atom. The number of amides is 1. The van der Waals surface area contributed by atoms with Crippen LogP contribution in [0.15, 0.2) is 4.99 Å². The molecule has 3 aliphatic carbocycles. The lowest BCUT2D eigenvalue weighted by molar-refractivity contribution is -0.127. The highest BCUT2D eigenvalue weighted by molar-refractivity contribution is 5.85. The van der Waals surface area contributed by atoms with E-state index >= 15 is 0 Å². The van der Waals surface area contributed by atoms with Crippen molar-refractivity contribution in [2.45, 2.75) is 63.1 Å². The van der Waals surface area contributed by atoms with Gasteiger partial charge in [0.1, 0.15) is 6.54 Å². The second kappa shape index (κ2) is 6.21. The van der Waals surface area contributed by atoms with Gasteiger partial charge in [-0.25, -0.2) is 4.99 Å². The lowest BCUT2D eigenvalue weighted by Gasteiger charge is -2.57. The van der Waals surface area contributed by atoms with Gasteiger partial charge in [-0.1, -0.05) is 12.8 Å². The molecule has 1 aliphatic heterocycles. The maximum atomic E-state index is 11.9. The molecule has 4 aliphatic rings. The van der Waals surface area contributed by atoms with Crippen molar-refractivity contribution in [2.24, 2.45) is 16.3 Å². The number of carbonyl (C=O) groups excluding carboxylic acids is 1. The second-order valence-electron chi connectivity index (χ2n) is 8.18. The molecule has 1 saturated heterocycles. The Balaban J connectivity index is 1.46. The van der Waals surface area contributed by atoms with Crippen LogP contribution in [0, 0.1) is 11.3 Å². The van der Waals surface area contributed by atoms with Gasteiger partial charge in [-0.05, 0) is 32.1 Å². The summed E-state index contributed by atoms with van der Waals surface area (Å²) in [5, 5.41) is 7.21. The Morgan fingerprint density at radius 3 is 2.62 bits per heavy atom. The molecule has 0 radical (unpaired) electrons. The van der Waals surface area contributed by atoms with Gasteiger partial charge in [-0.2, -0.15) is 0 Å². The van der Waals surface area contributed by atoms with Crippen molar-refractivity contribution >= 4 is 11.9 Å². The van der Waals surface area contributed by atoms with Crippen LogP contribution in [0.4, 0.5) is 0 Å². The van der Waals surface area contributed by atoms with Crippen LogP contribution in [0.1, 0.15) is 44.9 Å². The number of hydrogen-bond acceptors (Lipinski definition) is 3. The van der Waals surface area contributed by atoms with E-state index in [0.29, 0.717) is 29.5 Å². The standard InChI is InChI=1S/C18H30N4O2/c1-22(2)14(23)11-19-17(20-12-5-6-12)21-15-13-7-10-24-16(13)18(15)8-3-4-9-18/h12-13,15-16H,3-11H2,1-2H3,(H2,19,20,21). The Bertz CT molecular complexity index is 523. The summed E-state index contributed by atoms with van der Waals surface area (Å²) in [5.74, 6) is 1.48. The Hall–Kier alpha value is -1.30. The molecular weight excluding hydrogens is 304 g/mol. The summed E-state index contributed by atoms with van der Waals surface area (Å²) < 4.78 is 6.06. The van der Waals surface area contributed by atoms with Crippen LogP contribution >= 0.6 is 0 Å². The summed E-state index contributed by atoms with van der Waals surface area (Å²) in [7, 11) is 3.55. The maximum absolute atomic E-state index is 11.9. The van der Waals surface area contributed by atoms with Gasteiger partial charge in [0.25, 0.3) is 0 Å². The number of nitrogens with zero attached hydrogens (tertiary/aromatic N) is 2. The number of ether oxygens (including phenoxy) is 1. The topological polar surface area (TPSA) is 66.0 Å². The summed E-state index contributed by atoms with van der Waals surface area (Å²) in [6.45, 7) is 1.11. The number of likely N-dealkylation sites (N-methyl/N-ethyl adjacent to an activating group) is 1. The minimum absolute atomic E-state index is 0.0400. The molecule has 0 aromatic carbocycles. The number of guanidine groups is 1. The number of rotatable bonds is 4. The Labute approximate surface area is 144 Å². The summed E-state index contributed by atoms with van der Waals surface area (Å²) in [5.41, 5.74) is 0.304. The molecule has 6 heteroatoms. The van der Waals surface area contributed by atoms with Crippen molar-refractivity contribution in [2.75, 3.05) is 27.2 Å². The molecule has 1 heterocycles. The average molecular weight is 334 g/mol. The lowest BCUT2D eigenvalue weighted by atomic mass is 9.54. The highest BCUT2D eigenvalue weighted by atomic mass is 16.5. The normalized spacial score (nSPS) is 33.9. The SMILES string of the molecule is CN(C)C(=O)CN=C(NC1CC1)NC1C2CCOC2C12CCCC2. The first-order valence-corrected chi connectivity index (χ1v) is 9.49. The van der Waals surface area contributed by atoms with Crippen LogP contribution < -0.4 is 10.6 Å². The van der Waals surface area contributed by atoms with Crippen molar-refractivity contribution in [3.05, 3.63) is 0 Å². The third-order valence-corrected chi connectivity index (χ3v) is 6.37. The molecule has 4 fully saturated rings. The molecule has 2 N–H and O–H groups in total. The molecule has 3 saturated carbocycles. The van der Waals surface area contributed by atoms with Crippen LogP contribution in [-0.4, -0.2) is 62.2 Å². The van der Waals surface area contributed by atoms with Crippen LogP contribution in [0.5, 0.6) is 0 Å². The van der Waals surface area contributed by atoms with Gasteiger partial charge in [0, 0.05) is 44.1 Å². The predicted octanol–water partition coefficient (Wildman–Crippen LogP) is 1.12. The molecule has 24 heavy (non-hydrogen) atoms. The van der Waals surface area contributed by atoms with Crippen molar-refractivity contribution in [3.63, 3.8) is 0 Å². The van der Waals surface area contributed by atoms with Crippen LogP contribution in [0.25, 0.3) is 0 Å². The lowest BCUT2D eigenvalue weighted by Crippen LogP contribution is -2.69. The summed E-state index contributed by atoms with van der Waals surface area (Å²) in [6.07, 6.45) is 9.15. The average Bonchev–Trinajstić information content (AvgIpc) is 3.05. The third kappa shape index (κ3) is 2.79. The minimum Gasteiger partial charge on any atom is -0.377 e. The monoisotopic (exact) mass is 334 g/mol. The molecule has 0 bridgehead atoms. The summed E-state index contributed by atoms with van der Waals surface area (Å²) >= 11 is 0. The van der Waals surface area contributed by atoms with Gasteiger partial charge in [0.2, 0.25) is 5.91 Å². The van der Waals surface area contributed by atoms with Gasteiger partial charge < -0.3 is 20.3 Å². The first kappa shape index (κ1) is 16.2. The minimum atomic E-state index is 0.0400. The zero-order chi connectivity index (χ0) is 16.7. The first-order chi connectivity index (χ1) is 11.6. The molecule has 134 valence electrons. The zero-order valence-electron chi connectivity index (χ0n) is 14.9. The Morgan fingerprint density at radius 1 is 1.21 bits per heavy atom. The van der Waals surface area contributed by atoms with Gasteiger partial charge in [-0.3, -0.25) is 4.79 Å². The quantitative estimate of drug-likeness (QED) is 0.597. The molecule has 3 unspecified atom stereocenters. The van der Waals surface area contributed by atoms with E-state index in [2.05, 4.69) is 15.6 Å². The molecule has 3 atom stereocenters. The van der Waals surface area contributed by atoms with E-state index in [1.807, 2.05) is 0 Å². The fraction of sp³-hybridized carbons (Fsp3) is 0.889. The fourth-order valence-electron chi connectivity index (χ4n) is 4.89. The van der Waals surface area contributed by atoms with E-state index in [4.69, 9.17) is 4.74 Å². The van der Waals surface area contributed by atoms with Crippen molar-refractivity contribution < 1.29 is 9.53 Å². The van der Waals surface area contributed by atoms with E-state index in [0.717, 1.165) is 19.0 Å². The highest BCUT2D eigenvalue weighted by Crippen LogP contribution is 2.60. The van der Waals surface area contributed by atoms with Crippen LogP contribution in [0.2, 0.25) is 0 Å². The van der Waals surface area contributed by atoms with Crippen molar-refractivity contribution in [1.29, 1.82) is 0 Å². The molecule has 1 amide bonds. The first-order valence-electron chi connectivity index (χ1n) is 9.49. The molecule has 0 aromatic rings. The number of fused-ring (bicyclic) bond motifs is 2. The number of nitrogens with one attached hydrogen (secondary N) is 2. The number of hydrogen-bond donors (Lipinski definition) is 2. The van der Waals surface area contributed by atoms with Crippen LogP contribution in [0.3, 0.4) is 0 Å². The maximum Gasteiger partial charge on any atom is 0.243 e. The van der Waals surface area contributed by atoms with E-state index in [1.165, 1.54) is 38.5 Å². The van der Waals surface area contributed by atoms with Crippen molar-refractivity contribution in [3.8, 4) is 0 Å². The summed E-state index contributed by atoms with van der Waals surface area (Å²) in [4.78, 5) is 18.1. The van der Waals surface area contributed by atoms with Gasteiger partial charge >= 0.3 is 0 Å². The Kier molecular flexibility index (Phi) is 4.19. The second-order valence-corrected chi connectivity index (χ2v) is 8.18. The predicted molar refractivity (Wildman–Crippen MR) is 92.8 cm³/mol. The largest absolute Gasteiger partial charge is 0.377 e. The molecule has 6 nitrogen and oxygen atoms in total. The van der Waals surface area contributed by atoms with Crippen molar-refractivity contribution in [1.82, 2.24) is 15.5 Å². The van der Waals surface area contributed by atoms with E-state index in [1.54, 1.807) is 19.0 Å². The van der Waals surface area contributed by atoms with E-state index in [-0.39, 0.29) is 12.5 Å². The fourth-order valence-corrected chi connectivity index (χ4v) is 4.89. The number of carbonyl (C=O) groups is 1.